The molecule has 0 fully saturated rings. The van der Waals surface area contributed by atoms with E-state index >= 15 is 0 Å². The molecule has 2 nitrogen and oxygen atoms in total. The van der Waals surface area contributed by atoms with E-state index in [0.717, 1.165) is 24.3 Å². The predicted octanol–water partition coefficient (Wildman–Crippen LogP) is 3.66. The van der Waals surface area contributed by atoms with Gasteiger partial charge in [-0.15, -0.1) is 0 Å². The Morgan fingerprint density at radius 2 is 2.06 bits per heavy atom. The van der Waals surface area contributed by atoms with Crippen LogP contribution < -0.4 is 10.5 Å². The van der Waals surface area contributed by atoms with Crippen LogP contribution >= 0.6 is 0 Å². The van der Waals surface area contributed by atoms with Crippen LogP contribution in [0.3, 0.4) is 0 Å². The van der Waals surface area contributed by atoms with E-state index in [1.807, 2.05) is 24.3 Å². The van der Waals surface area contributed by atoms with Crippen molar-refractivity contribution >= 4 is 0 Å². The van der Waals surface area contributed by atoms with Crippen LogP contribution in [-0.4, -0.2) is 6.61 Å². The first kappa shape index (κ1) is 13.8. The van der Waals surface area contributed by atoms with Crippen molar-refractivity contribution in [1.29, 1.82) is 0 Å². The van der Waals surface area contributed by atoms with E-state index in [0.29, 0.717) is 6.54 Å². The van der Waals surface area contributed by atoms with Crippen LogP contribution in [0.25, 0.3) is 0 Å². The zero-order valence-electron chi connectivity index (χ0n) is 10.7. The highest BCUT2D eigenvalue weighted by molar-refractivity contribution is 5.28. The van der Waals surface area contributed by atoms with E-state index in [1.54, 1.807) is 0 Å². The van der Waals surface area contributed by atoms with E-state index in [1.165, 1.54) is 19.3 Å². The van der Waals surface area contributed by atoms with Crippen LogP contribution in [0.2, 0.25) is 0 Å². The lowest BCUT2D eigenvalue weighted by atomic mass is 10.2. The molecule has 0 bridgehead atoms. The van der Waals surface area contributed by atoms with Gasteiger partial charge in [0.25, 0.3) is 0 Å². The summed E-state index contributed by atoms with van der Waals surface area (Å²) < 4.78 is 5.65. The topological polar surface area (TPSA) is 35.2 Å². The summed E-state index contributed by atoms with van der Waals surface area (Å²) in [6.07, 6.45) is 9.12. The van der Waals surface area contributed by atoms with Crippen molar-refractivity contribution in [2.75, 3.05) is 6.61 Å². The van der Waals surface area contributed by atoms with Gasteiger partial charge in [-0.1, -0.05) is 44.1 Å². The molecule has 0 aromatic heterocycles. The van der Waals surface area contributed by atoms with Gasteiger partial charge in [0.1, 0.15) is 5.75 Å². The molecule has 0 saturated carbocycles. The quantitative estimate of drug-likeness (QED) is 0.549. The smallest absolute Gasteiger partial charge is 0.119 e. The minimum absolute atomic E-state index is 0.564. The van der Waals surface area contributed by atoms with Gasteiger partial charge in [0.2, 0.25) is 0 Å². The summed E-state index contributed by atoms with van der Waals surface area (Å²) in [6, 6.07) is 7.97. The second kappa shape index (κ2) is 8.82. The van der Waals surface area contributed by atoms with Crippen LogP contribution in [0.1, 0.15) is 38.2 Å². The molecule has 0 aliphatic carbocycles. The normalized spacial score (nSPS) is 10.9. The average Bonchev–Trinajstić information content (AvgIpc) is 2.38. The van der Waals surface area contributed by atoms with Gasteiger partial charge in [-0.25, -0.2) is 0 Å². The van der Waals surface area contributed by atoms with E-state index in [-0.39, 0.29) is 0 Å². The Hall–Kier alpha value is -1.28. The van der Waals surface area contributed by atoms with Gasteiger partial charge in [-0.3, -0.25) is 0 Å². The average molecular weight is 233 g/mol. The molecule has 0 unspecified atom stereocenters. The first-order valence-electron chi connectivity index (χ1n) is 6.43. The van der Waals surface area contributed by atoms with E-state index in [2.05, 4.69) is 19.1 Å². The van der Waals surface area contributed by atoms with Crippen LogP contribution in [0.15, 0.2) is 36.4 Å². The Bertz CT molecular complexity index is 333. The molecule has 0 atom stereocenters. The van der Waals surface area contributed by atoms with Crippen molar-refractivity contribution in [1.82, 2.24) is 0 Å². The zero-order chi connectivity index (χ0) is 12.3. The van der Waals surface area contributed by atoms with Gasteiger partial charge in [0.05, 0.1) is 6.61 Å². The molecule has 1 rings (SSSR count). The lowest BCUT2D eigenvalue weighted by molar-refractivity contribution is 0.324. The third kappa shape index (κ3) is 6.12. The molecule has 94 valence electrons. The van der Waals surface area contributed by atoms with Gasteiger partial charge >= 0.3 is 0 Å². The lowest BCUT2D eigenvalue weighted by Crippen LogP contribution is -1.99. The van der Waals surface area contributed by atoms with Crippen molar-refractivity contribution in [3.63, 3.8) is 0 Å². The second-order valence-electron chi connectivity index (χ2n) is 4.10. The number of rotatable bonds is 8. The minimum atomic E-state index is 0.564. The summed E-state index contributed by atoms with van der Waals surface area (Å²) in [5.41, 5.74) is 6.69. The van der Waals surface area contributed by atoms with Crippen molar-refractivity contribution in [2.24, 2.45) is 5.73 Å². The molecular weight excluding hydrogens is 210 g/mol. The molecule has 0 heterocycles. The fraction of sp³-hybridized carbons (Fsp3) is 0.467. The number of hydrogen-bond donors (Lipinski definition) is 1. The van der Waals surface area contributed by atoms with Crippen molar-refractivity contribution in [3.8, 4) is 5.75 Å². The first-order valence-corrected chi connectivity index (χ1v) is 6.43. The van der Waals surface area contributed by atoms with E-state index in [9.17, 15) is 0 Å². The number of allylic oxidation sites excluding steroid dienone is 1. The highest BCUT2D eigenvalue weighted by Gasteiger charge is 1.94. The Morgan fingerprint density at radius 3 is 2.82 bits per heavy atom. The third-order valence-electron chi connectivity index (χ3n) is 2.58. The predicted molar refractivity (Wildman–Crippen MR) is 73.1 cm³/mol. The monoisotopic (exact) mass is 233 g/mol. The molecule has 0 aliphatic heterocycles. The summed E-state index contributed by atoms with van der Waals surface area (Å²) in [5, 5.41) is 0. The van der Waals surface area contributed by atoms with E-state index < -0.39 is 0 Å². The molecule has 0 saturated heterocycles. The fourth-order valence-electron chi connectivity index (χ4n) is 1.56. The molecule has 0 radical (unpaired) electrons. The van der Waals surface area contributed by atoms with Crippen molar-refractivity contribution in [2.45, 2.75) is 39.2 Å². The van der Waals surface area contributed by atoms with Crippen LogP contribution in [0, 0.1) is 0 Å². The molecule has 0 amide bonds. The van der Waals surface area contributed by atoms with Crippen LogP contribution in [0.4, 0.5) is 0 Å². The van der Waals surface area contributed by atoms with Gasteiger partial charge in [0, 0.05) is 6.54 Å². The largest absolute Gasteiger partial charge is 0.493 e. The maximum Gasteiger partial charge on any atom is 0.119 e. The SMILES string of the molecule is CCCCC=CCCOc1cccc(CN)c1. The number of benzene rings is 1. The Labute approximate surface area is 104 Å². The zero-order valence-corrected chi connectivity index (χ0v) is 10.7. The minimum Gasteiger partial charge on any atom is -0.493 e. The highest BCUT2D eigenvalue weighted by Crippen LogP contribution is 2.13. The van der Waals surface area contributed by atoms with E-state index in [4.69, 9.17) is 10.5 Å². The lowest BCUT2D eigenvalue weighted by Gasteiger charge is -2.05. The molecule has 1 aromatic carbocycles. The van der Waals surface area contributed by atoms with Crippen molar-refractivity contribution in [3.05, 3.63) is 42.0 Å². The molecule has 1 aromatic rings. The summed E-state index contributed by atoms with van der Waals surface area (Å²) in [6.45, 7) is 3.51. The summed E-state index contributed by atoms with van der Waals surface area (Å²) in [4.78, 5) is 0. The molecule has 2 N–H and O–H groups in total. The number of hydrogen-bond acceptors (Lipinski definition) is 2. The standard InChI is InChI=1S/C15H23NO/c1-2-3-4-5-6-7-11-17-15-10-8-9-14(12-15)13-16/h5-6,8-10,12H,2-4,7,11,13,16H2,1H3. The second-order valence-corrected chi connectivity index (χ2v) is 4.10. The summed E-state index contributed by atoms with van der Waals surface area (Å²) in [7, 11) is 0. The van der Waals surface area contributed by atoms with Gasteiger partial charge in [0.15, 0.2) is 0 Å². The number of ether oxygens (including phenoxy) is 1. The summed E-state index contributed by atoms with van der Waals surface area (Å²) in [5.74, 6) is 0.912. The molecular formula is C15H23NO. The summed E-state index contributed by atoms with van der Waals surface area (Å²) >= 11 is 0. The maximum absolute atomic E-state index is 5.65. The Balaban J connectivity index is 2.19. The maximum atomic E-state index is 5.65. The molecule has 0 spiro atoms. The Morgan fingerprint density at radius 1 is 1.24 bits per heavy atom. The number of unbranched alkanes of at least 4 members (excludes halogenated alkanes) is 2. The fourth-order valence-corrected chi connectivity index (χ4v) is 1.56. The molecule has 0 aliphatic rings. The van der Waals surface area contributed by atoms with Crippen molar-refractivity contribution < 1.29 is 4.74 Å². The Kier molecular flexibility index (Phi) is 7.15. The highest BCUT2D eigenvalue weighted by atomic mass is 16.5. The van der Waals surface area contributed by atoms with Crippen LogP contribution in [-0.2, 0) is 6.54 Å². The van der Waals surface area contributed by atoms with Gasteiger partial charge in [-0.2, -0.15) is 0 Å². The first-order chi connectivity index (χ1) is 8.36. The molecule has 2 heteroatoms. The van der Waals surface area contributed by atoms with Gasteiger partial charge < -0.3 is 10.5 Å². The van der Waals surface area contributed by atoms with Crippen LogP contribution in [0.5, 0.6) is 5.75 Å². The third-order valence-corrected chi connectivity index (χ3v) is 2.58. The molecule has 17 heavy (non-hydrogen) atoms. The van der Waals surface area contributed by atoms with Gasteiger partial charge in [-0.05, 0) is 30.5 Å². The number of nitrogens with two attached hydrogens (primary N) is 1.